The molecule has 1 aliphatic heterocycles. The topological polar surface area (TPSA) is 54.7 Å². The van der Waals surface area contributed by atoms with Crippen LogP contribution in [0.15, 0.2) is 22.8 Å². The summed E-state index contributed by atoms with van der Waals surface area (Å²) in [7, 11) is 1.65. The summed E-state index contributed by atoms with van der Waals surface area (Å²) in [6, 6.07) is 3.66. The second-order valence-corrected chi connectivity index (χ2v) is 5.20. The van der Waals surface area contributed by atoms with Crippen molar-refractivity contribution in [1.82, 2.24) is 10.2 Å². The molecule has 1 N–H and O–H groups in total. The van der Waals surface area contributed by atoms with E-state index in [1.807, 2.05) is 17.0 Å². The zero-order valence-electron chi connectivity index (χ0n) is 12.1. The summed E-state index contributed by atoms with van der Waals surface area (Å²) in [5.74, 6) is 0.968. The number of carbonyl (C=O) groups excluding carboxylic acids is 1. The molecule has 1 aliphatic rings. The second-order valence-electron chi connectivity index (χ2n) is 5.20. The Labute approximate surface area is 120 Å². The molecule has 5 nitrogen and oxygen atoms in total. The number of amides is 1. The molecule has 2 rings (SSSR count). The Balaban J connectivity index is 1.83. The number of hydrogen-bond donors (Lipinski definition) is 1. The minimum atomic E-state index is -0.0778. The van der Waals surface area contributed by atoms with Crippen LogP contribution in [0.5, 0.6) is 0 Å². The first kappa shape index (κ1) is 15.1. The van der Waals surface area contributed by atoms with Crippen molar-refractivity contribution in [2.75, 3.05) is 33.4 Å². The van der Waals surface area contributed by atoms with Crippen molar-refractivity contribution >= 4 is 5.91 Å². The molecule has 1 atom stereocenters. The van der Waals surface area contributed by atoms with Crippen LogP contribution in [-0.2, 0) is 9.53 Å². The van der Waals surface area contributed by atoms with Gasteiger partial charge in [0.15, 0.2) is 0 Å². The Kier molecular flexibility index (Phi) is 6.08. The summed E-state index contributed by atoms with van der Waals surface area (Å²) in [6.07, 6.45) is 6.33. The largest absolute Gasteiger partial charge is 0.468 e. The lowest BCUT2D eigenvalue weighted by atomic mass is 10.2. The Hall–Kier alpha value is -1.33. The van der Waals surface area contributed by atoms with Crippen molar-refractivity contribution in [3.05, 3.63) is 24.2 Å². The van der Waals surface area contributed by atoms with Crippen LogP contribution in [0, 0.1) is 0 Å². The van der Waals surface area contributed by atoms with E-state index in [1.54, 1.807) is 13.4 Å². The maximum atomic E-state index is 12.2. The second kappa shape index (κ2) is 8.07. The highest BCUT2D eigenvalue weighted by atomic mass is 16.5. The molecule has 2 heterocycles. The van der Waals surface area contributed by atoms with Crippen LogP contribution in [0.4, 0.5) is 0 Å². The highest BCUT2D eigenvalue weighted by molar-refractivity contribution is 5.78. The van der Waals surface area contributed by atoms with Gasteiger partial charge in [-0.25, -0.2) is 0 Å². The van der Waals surface area contributed by atoms with Crippen molar-refractivity contribution in [2.45, 2.75) is 31.7 Å². The molecule has 1 fully saturated rings. The fraction of sp³-hybridized carbons (Fsp3) is 0.667. The monoisotopic (exact) mass is 280 g/mol. The molecular formula is C15H24N2O3. The van der Waals surface area contributed by atoms with Crippen molar-refractivity contribution < 1.29 is 13.9 Å². The van der Waals surface area contributed by atoms with Crippen LogP contribution in [0.1, 0.15) is 37.5 Å². The van der Waals surface area contributed by atoms with Gasteiger partial charge in [0.25, 0.3) is 0 Å². The van der Waals surface area contributed by atoms with Gasteiger partial charge in [-0.15, -0.1) is 0 Å². The highest BCUT2D eigenvalue weighted by Crippen LogP contribution is 2.14. The first-order valence-corrected chi connectivity index (χ1v) is 7.34. The van der Waals surface area contributed by atoms with E-state index >= 15 is 0 Å². The number of nitrogens with zero attached hydrogens (tertiary/aromatic N) is 1. The van der Waals surface area contributed by atoms with Gasteiger partial charge in [-0.3, -0.25) is 10.1 Å². The number of rotatable bonds is 6. The summed E-state index contributed by atoms with van der Waals surface area (Å²) in [6.45, 7) is 2.59. The summed E-state index contributed by atoms with van der Waals surface area (Å²) < 4.78 is 10.6. The lowest BCUT2D eigenvalue weighted by Gasteiger charge is -2.22. The molecule has 0 bridgehead atoms. The number of likely N-dealkylation sites (tertiary alicyclic amines) is 1. The first-order valence-electron chi connectivity index (χ1n) is 7.34. The number of nitrogens with one attached hydrogen (secondary N) is 1. The van der Waals surface area contributed by atoms with E-state index in [-0.39, 0.29) is 11.9 Å². The zero-order valence-corrected chi connectivity index (χ0v) is 12.1. The van der Waals surface area contributed by atoms with Gasteiger partial charge in [0.05, 0.1) is 25.5 Å². The highest BCUT2D eigenvalue weighted by Gasteiger charge is 2.19. The van der Waals surface area contributed by atoms with Gasteiger partial charge in [-0.2, -0.15) is 0 Å². The fourth-order valence-corrected chi connectivity index (χ4v) is 2.54. The van der Waals surface area contributed by atoms with E-state index in [2.05, 4.69) is 5.32 Å². The molecule has 112 valence electrons. The SMILES string of the molecule is COC[C@@H](NCC(=O)N1CCCCCC1)c1ccco1. The summed E-state index contributed by atoms with van der Waals surface area (Å²) in [5, 5.41) is 3.23. The summed E-state index contributed by atoms with van der Waals surface area (Å²) in [4.78, 5) is 14.2. The summed E-state index contributed by atoms with van der Waals surface area (Å²) >= 11 is 0. The Morgan fingerprint density at radius 3 is 2.75 bits per heavy atom. The van der Waals surface area contributed by atoms with E-state index < -0.39 is 0 Å². The predicted octanol–water partition coefficient (Wildman–Crippen LogP) is 1.96. The van der Waals surface area contributed by atoms with Crippen molar-refractivity contribution in [1.29, 1.82) is 0 Å². The summed E-state index contributed by atoms with van der Waals surface area (Å²) in [5.41, 5.74) is 0. The van der Waals surface area contributed by atoms with E-state index in [4.69, 9.17) is 9.15 Å². The van der Waals surface area contributed by atoms with Gasteiger partial charge >= 0.3 is 0 Å². The number of ether oxygens (including phenoxy) is 1. The normalized spacial score (nSPS) is 17.8. The minimum Gasteiger partial charge on any atom is -0.468 e. The van der Waals surface area contributed by atoms with Crippen LogP contribution < -0.4 is 5.32 Å². The third-order valence-electron chi connectivity index (χ3n) is 3.68. The Bertz CT molecular complexity index is 384. The number of carbonyl (C=O) groups is 1. The molecule has 0 unspecified atom stereocenters. The van der Waals surface area contributed by atoms with Crippen LogP contribution in [0.25, 0.3) is 0 Å². The van der Waals surface area contributed by atoms with E-state index in [1.165, 1.54) is 12.8 Å². The van der Waals surface area contributed by atoms with Crippen molar-refractivity contribution in [3.63, 3.8) is 0 Å². The third-order valence-corrected chi connectivity index (χ3v) is 3.68. The fourth-order valence-electron chi connectivity index (χ4n) is 2.54. The predicted molar refractivity (Wildman–Crippen MR) is 76.4 cm³/mol. The first-order chi connectivity index (χ1) is 9.81. The van der Waals surface area contributed by atoms with E-state index in [0.29, 0.717) is 13.2 Å². The van der Waals surface area contributed by atoms with Gasteiger partial charge < -0.3 is 14.1 Å². The maximum absolute atomic E-state index is 12.2. The standard InChI is InChI=1S/C15H24N2O3/c1-19-12-13(14-7-6-10-20-14)16-11-15(18)17-8-4-2-3-5-9-17/h6-7,10,13,16H,2-5,8-9,11-12H2,1H3/t13-/m1/s1. The van der Waals surface area contributed by atoms with E-state index in [0.717, 1.165) is 31.7 Å². The molecule has 1 aromatic rings. The van der Waals surface area contributed by atoms with E-state index in [9.17, 15) is 4.79 Å². The van der Waals surface area contributed by atoms with Crippen LogP contribution in [-0.4, -0.2) is 44.2 Å². The third kappa shape index (κ3) is 4.35. The van der Waals surface area contributed by atoms with Crippen molar-refractivity contribution in [2.24, 2.45) is 0 Å². The molecular weight excluding hydrogens is 256 g/mol. The zero-order chi connectivity index (χ0) is 14.2. The lowest BCUT2D eigenvalue weighted by Crippen LogP contribution is -2.40. The van der Waals surface area contributed by atoms with Crippen molar-refractivity contribution in [3.8, 4) is 0 Å². The smallest absolute Gasteiger partial charge is 0.236 e. The maximum Gasteiger partial charge on any atom is 0.236 e. The van der Waals surface area contributed by atoms with Crippen LogP contribution >= 0.6 is 0 Å². The molecule has 1 saturated heterocycles. The Morgan fingerprint density at radius 1 is 1.40 bits per heavy atom. The van der Waals surface area contributed by atoms with Gasteiger partial charge in [-0.1, -0.05) is 12.8 Å². The minimum absolute atomic E-state index is 0.0778. The molecule has 0 radical (unpaired) electrons. The molecule has 0 aromatic carbocycles. The van der Waals surface area contributed by atoms with Crippen LogP contribution in [0.3, 0.4) is 0 Å². The number of furan rings is 1. The molecule has 1 aromatic heterocycles. The lowest BCUT2D eigenvalue weighted by molar-refractivity contribution is -0.130. The quantitative estimate of drug-likeness (QED) is 0.865. The van der Waals surface area contributed by atoms with Gasteiger partial charge in [0.2, 0.25) is 5.91 Å². The number of methoxy groups -OCH3 is 1. The Morgan fingerprint density at radius 2 is 2.15 bits per heavy atom. The average Bonchev–Trinajstić information content (AvgIpc) is 2.85. The van der Waals surface area contributed by atoms with Gasteiger partial charge in [0, 0.05) is 20.2 Å². The molecule has 1 amide bonds. The van der Waals surface area contributed by atoms with Gasteiger partial charge in [0.1, 0.15) is 5.76 Å². The molecule has 20 heavy (non-hydrogen) atoms. The molecule has 0 spiro atoms. The average molecular weight is 280 g/mol. The number of hydrogen-bond acceptors (Lipinski definition) is 4. The molecule has 0 aliphatic carbocycles. The molecule has 0 saturated carbocycles. The van der Waals surface area contributed by atoms with Crippen LogP contribution in [0.2, 0.25) is 0 Å². The molecule has 5 heteroatoms. The van der Waals surface area contributed by atoms with Gasteiger partial charge in [-0.05, 0) is 25.0 Å².